The van der Waals surface area contributed by atoms with Crippen molar-refractivity contribution in [2.24, 2.45) is 5.92 Å². The van der Waals surface area contributed by atoms with Gasteiger partial charge in [0.1, 0.15) is 17.8 Å². The van der Waals surface area contributed by atoms with Crippen LogP contribution in [-0.4, -0.2) is 34.1 Å². The van der Waals surface area contributed by atoms with Gasteiger partial charge in [0, 0.05) is 0 Å². The maximum Gasteiger partial charge on any atom is 0.121 e. The van der Waals surface area contributed by atoms with Gasteiger partial charge in [-0.3, -0.25) is 0 Å². The summed E-state index contributed by atoms with van der Waals surface area (Å²) in [6.45, 7) is 10.3. The second-order valence-corrected chi connectivity index (χ2v) is 7.64. The first kappa shape index (κ1) is 18.4. The minimum Gasteiger partial charge on any atom is -0.387 e. The summed E-state index contributed by atoms with van der Waals surface area (Å²) in [6, 6.07) is 0. The van der Waals surface area contributed by atoms with Crippen LogP contribution in [0, 0.1) is 5.92 Å². The number of hydrogen-bond donors (Lipinski definition) is 2. The Balaban J connectivity index is 2.29. The van der Waals surface area contributed by atoms with E-state index in [-0.39, 0.29) is 12.0 Å². The van der Waals surface area contributed by atoms with Crippen LogP contribution in [0.1, 0.15) is 60.3 Å². The van der Waals surface area contributed by atoms with Gasteiger partial charge in [-0.05, 0) is 57.9 Å². The molecule has 130 valence electrons. The smallest absolute Gasteiger partial charge is 0.121 e. The largest absolute Gasteiger partial charge is 0.387 e. The number of hydrogen-bond acceptors (Lipinski definition) is 3. The first-order chi connectivity index (χ1) is 10.8. The van der Waals surface area contributed by atoms with Crippen LogP contribution < -0.4 is 0 Å². The Kier molecular flexibility index (Phi) is 5.88. The molecule has 0 aromatic carbocycles. The molecule has 2 N–H and O–H groups in total. The average molecular weight is 320 g/mol. The molecule has 1 fully saturated rings. The molecule has 1 aliphatic heterocycles. The van der Waals surface area contributed by atoms with Crippen molar-refractivity contribution in [3.63, 3.8) is 0 Å². The number of aliphatic hydroxyl groups is 2. The molecule has 3 heteroatoms. The molecule has 3 nitrogen and oxygen atoms in total. The molecular formula is C20H32O3. The van der Waals surface area contributed by atoms with E-state index in [1.54, 1.807) is 0 Å². The summed E-state index contributed by atoms with van der Waals surface area (Å²) in [4.78, 5) is 0. The first-order valence-electron chi connectivity index (χ1n) is 8.82. The van der Waals surface area contributed by atoms with Crippen LogP contribution in [0.3, 0.4) is 0 Å². The zero-order valence-corrected chi connectivity index (χ0v) is 15.2. The van der Waals surface area contributed by atoms with Crippen LogP contribution in [0.5, 0.6) is 0 Å². The van der Waals surface area contributed by atoms with E-state index in [2.05, 4.69) is 26.0 Å². The zero-order valence-electron chi connectivity index (χ0n) is 15.2. The predicted octanol–water partition coefficient (Wildman–Crippen LogP) is 3.91. The molecule has 1 aliphatic carbocycles. The van der Waals surface area contributed by atoms with Crippen LogP contribution >= 0.6 is 0 Å². The van der Waals surface area contributed by atoms with E-state index in [0.717, 1.165) is 31.3 Å². The van der Waals surface area contributed by atoms with E-state index in [0.29, 0.717) is 0 Å². The molecule has 0 spiro atoms. The van der Waals surface area contributed by atoms with E-state index in [4.69, 9.17) is 4.74 Å². The Bertz CT molecular complexity index is 515. The van der Waals surface area contributed by atoms with E-state index in [9.17, 15) is 10.2 Å². The fourth-order valence-corrected chi connectivity index (χ4v) is 3.34. The van der Waals surface area contributed by atoms with Gasteiger partial charge in [-0.15, -0.1) is 0 Å². The molecule has 0 radical (unpaired) electrons. The fourth-order valence-electron chi connectivity index (χ4n) is 3.34. The number of epoxide rings is 1. The summed E-state index contributed by atoms with van der Waals surface area (Å²) in [7, 11) is 0. The molecule has 0 amide bonds. The van der Waals surface area contributed by atoms with Crippen molar-refractivity contribution in [1.29, 1.82) is 0 Å². The number of allylic oxidation sites excluding steroid dienone is 5. The van der Waals surface area contributed by atoms with Crippen LogP contribution in [0.2, 0.25) is 0 Å². The Morgan fingerprint density at radius 3 is 2.48 bits per heavy atom. The molecule has 0 saturated carbocycles. The van der Waals surface area contributed by atoms with Crippen molar-refractivity contribution in [2.45, 2.75) is 84.2 Å². The van der Waals surface area contributed by atoms with Crippen LogP contribution in [0.25, 0.3) is 0 Å². The highest BCUT2D eigenvalue weighted by Gasteiger charge is 2.59. The number of ether oxygens (including phenoxy) is 1. The number of rotatable bonds is 1. The highest BCUT2D eigenvalue weighted by molar-refractivity contribution is 5.25. The molecule has 0 bridgehead atoms. The molecule has 2 aliphatic rings. The molecule has 23 heavy (non-hydrogen) atoms. The third-order valence-corrected chi connectivity index (χ3v) is 5.27. The van der Waals surface area contributed by atoms with Gasteiger partial charge >= 0.3 is 0 Å². The van der Waals surface area contributed by atoms with Crippen molar-refractivity contribution in [1.82, 2.24) is 0 Å². The van der Waals surface area contributed by atoms with Gasteiger partial charge in [0.05, 0.1) is 6.10 Å². The van der Waals surface area contributed by atoms with E-state index in [1.165, 1.54) is 11.1 Å². The maximum atomic E-state index is 10.7. The fraction of sp³-hybridized carbons (Fsp3) is 0.700. The standard InChI is InChI=1S/C20H32O3/c1-13(2)16-11-9-14(3)7-6-8-15(4)10-12-17-20(5,23-17)19(22)18(16)21/h8-9,11,13,17-19,21-22H,6-7,10,12H2,1-5H3/b14-9+,15-8+,16-11-/t17-,18+,19-,20+/m0/s1. The van der Waals surface area contributed by atoms with Gasteiger partial charge in [-0.1, -0.05) is 43.2 Å². The highest BCUT2D eigenvalue weighted by atomic mass is 16.6. The first-order valence-corrected chi connectivity index (χ1v) is 8.82. The molecule has 0 unspecified atom stereocenters. The third-order valence-electron chi connectivity index (χ3n) is 5.27. The summed E-state index contributed by atoms with van der Waals surface area (Å²) in [6.07, 6.45) is 8.59. The SMILES string of the molecule is C/C1=C\C=C(\C(C)C)[C@@H](O)[C@H](O)[C@]2(C)O[C@H]2CC/C(C)=C/CC1. The van der Waals surface area contributed by atoms with Crippen molar-refractivity contribution in [2.75, 3.05) is 0 Å². The molecule has 2 rings (SSSR count). The highest BCUT2D eigenvalue weighted by Crippen LogP contribution is 2.44. The Hall–Kier alpha value is -0.900. The quantitative estimate of drug-likeness (QED) is 0.569. The zero-order chi connectivity index (χ0) is 17.2. The third kappa shape index (κ3) is 4.34. The number of fused-ring (bicyclic) bond motifs is 1. The minimum absolute atomic E-state index is 0.0316. The lowest BCUT2D eigenvalue weighted by Crippen LogP contribution is -2.41. The average Bonchev–Trinajstić information content (AvgIpc) is 3.15. The maximum absolute atomic E-state index is 10.7. The van der Waals surface area contributed by atoms with E-state index >= 15 is 0 Å². The Morgan fingerprint density at radius 1 is 1.13 bits per heavy atom. The van der Waals surface area contributed by atoms with Crippen molar-refractivity contribution in [3.8, 4) is 0 Å². The van der Waals surface area contributed by atoms with Crippen molar-refractivity contribution in [3.05, 3.63) is 34.9 Å². The summed E-state index contributed by atoms with van der Waals surface area (Å²) >= 11 is 0. The van der Waals surface area contributed by atoms with Crippen molar-refractivity contribution < 1.29 is 14.9 Å². The second-order valence-electron chi connectivity index (χ2n) is 7.64. The normalized spacial score (nSPS) is 43.3. The monoisotopic (exact) mass is 320 g/mol. The lowest BCUT2D eigenvalue weighted by atomic mass is 9.85. The van der Waals surface area contributed by atoms with Gasteiger partial charge < -0.3 is 14.9 Å². The predicted molar refractivity (Wildman–Crippen MR) is 94.2 cm³/mol. The van der Waals surface area contributed by atoms with Crippen LogP contribution in [0.15, 0.2) is 34.9 Å². The molecule has 0 aromatic rings. The Labute approximate surface area is 140 Å². The Morgan fingerprint density at radius 2 is 1.83 bits per heavy atom. The summed E-state index contributed by atoms with van der Waals surface area (Å²) in [5.74, 6) is 0.180. The van der Waals surface area contributed by atoms with Gasteiger partial charge in [-0.2, -0.15) is 0 Å². The van der Waals surface area contributed by atoms with Crippen LogP contribution in [-0.2, 0) is 4.74 Å². The van der Waals surface area contributed by atoms with Gasteiger partial charge in [0.15, 0.2) is 0 Å². The van der Waals surface area contributed by atoms with Crippen molar-refractivity contribution >= 4 is 0 Å². The summed E-state index contributed by atoms with van der Waals surface area (Å²) in [5, 5.41) is 21.3. The van der Waals surface area contributed by atoms with E-state index < -0.39 is 17.8 Å². The molecule has 0 aromatic heterocycles. The lowest BCUT2D eigenvalue weighted by Gasteiger charge is -2.26. The summed E-state index contributed by atoms with van der Waals surface area (Å²) < 4.78 is 5.78. The summed E-state index contributed by atoms with van der Waals surface area (Å²) in [5.41, 5.74) is 2.91. The number of aliphatic hydroxyl groups excluding tert-OH is 2. The van der Waals surface area contributed by atoms with E-state index in [1.807, 2.05) is 26.8 Å². The van der Waals surface area contributed by atoms with Gasteiger partial charge in [0.2, 0.25) is 0 Å². The second kappa shape index (κ2) is 7.33. The lowest BCUT2D eigenvalue weighted by molar-refractivity contribution is -0.0108. The van der Waals surface area contributed by atoms with Gasteiger partial charge in [-0.25, -0.2) is 0 Å². The topological polar surface area (TPSA) is 53.0 Å². The molecule has 1 saturated heterocycles. The molecular weight excluding hydrogens is 288 g/mol. The van der Waals surface area contributed by atoms with Crippen LogP contribution in [0.4, 0.5) is 0 Å². The van der Waals surface area contributed by atoms with Gasteiger partial charge in [0.25, 0.3) is 0 Å². The minimum atomic E-state index is -0.887. The molecule has 4 atom stereocenters. The molecule has 1 heterocycles.